The number of rotatable bonds is 14. The van der Waals surface area contributed by atoms with Gasteiger partial charge in [-0.05, 0) is 51.4 Å². The summed E-state index contributed by atoms with van der Waals surface area (Å²) in [6, 6.07) is 0. The molecular weight excluding hydrogens is 284 g/mol. The van der Waals surface area contributed by atoms with Gasteiger partial charge in [-0.2, -0.15) is 0 Å². The average molecular weight is 316 g/mol. The molecule has 0 aliphatic carbocycles. The molecule has 0 rings (SSSR count). The van der Waals surface area contributed by atoms with Crippen LogP contribution >= 0.6 is 0 Å². The zero-order valence-electron chi connectivity index (χ0n) is 14.5. The van der Waals surface area contributed by atoms with Gasteiger partial charge < -0.3 is 5.11 Å². The molecule has 0 aromatic rings. The third-order valence-electron chi connectivity index (χ3n) is 3.17. The molecule has 128 valence electrons. The van der Waals surface area contributed by atoms with Crippen molar-refractivity contribution < 1.29 is 9.90 Å². The van der Waals surface area contributed by atoms with Crippen molar-refractivity contribution in [1.82, 2.24) is 0 Å². The fraction of sp³-hybridized carbons (Fsp3) is 0.476. The van der Waals surface area contributed by atoms with E-state index in [9.17, 15) is 4.79 Å². The largest absolute Gasteiger partial charge is 0.481 e. The van der Waals surface area contributed by atoms with Gasteiger partial charge in [-0.3, -0.25) is 4.79 Å². The summed E-state index contributed by atoms with van der Waals surface area (Å²) in [4.78, 5) is 10.3. The first kappa shape index (κ1) is 21.2. The maximum atomic E-state index is 10.3. The maximum Gasteiger partial charge on any atom is 0.303 e. The third-order valence-corrected chi connectivity index (χ3v) is 3.17. The summed E-state index contributed by atoms with van der Waals surface area (Å²) >= 11 is 0. The summed E-state index contributed by atoms with van der Waals surface area (Å²) in [6.07, 6.45) is 29.9. The summed E-state index contributed by atoms with van der Waals surface area (Å²) < 4.78 is 0. The lowest BCUT2D eigenvalue weighted by atomic mass is 10.2. The number of allylic oxidation sites excluding steroid dienone is 10. The summed E-state index contributed by atoms with van der Waals surface area (Å²) in [5.41, 5.74) is 0. The molecule has 0 heterocycles. The lowest BCUT2D eigenvalue weighted by molar-refractivity contribution is -0.137. The second-order valence-corrected chi connectivity index (χ2v) is 5.35. The summed E-state index contributed by atoms with van der Waals surface area (Å²) in [6.45, 7) is 2.15. The van der Waals surface area contributed by atoms with Crippen molar-refractivity contribution in [3.63, 3.8) is 0 Å². The van der Waals surface area contributed by atoms with Gasteiger partial charge in [0.2, 0.25) is 0 Å². The number of carboxylic acid groups (broad SMARTS) is 1. The van der Waals surface area contributed by atoms with E-state index in [1.54, 1.807) is 0 Å². The highest BCUT2D eigenvalue weighted by Crippen LogP contribution is 2.01. The minimum absolute atomic E-state index is 0.282. The Bertz CT molecular complexity index is 412. The van der Waals surface area contributed by atoms with E-state index in [1.165, 1.54) is 0 Å². The van der Waals surface area contributed by atoms with Crippen LogP contribution in [0, 0.1) is 0 Å². The van der Waals surface area contributed by atoms with Crippen LogP contribution in [0.15, 0.2) is 60.8 Å². The van der Waals surface area contributed by atoms with Crippen molar-refractivity contribution in [3.8, 4) is 0 Å². The van der Waals surface area contributed by atoms with E-state index in [1.807, 2.05) is 0 Å². The topological polar surface area (TPSA) is 37.3 Å². The molecule has 23 heavy (non-hydrogen) atoms. The van der Waals surface area contributed by atoms with Crippen molar-refractivity contribution in [2.24, 2.45) is 0 Å². The van der Waals surface area contributed by atoms with Crippen LogP contribution < -0.4 is 0 Å². The number of aliphatic carboxylic acids is 1. The van der Waals surface area contributed by atoms with Gasteiger partial charge in [0.15, 0.2) is 0 Å². The van der Waals surface area contributed by atoms with E-state index < -0.39 is 5.97 Å². The zero-order chi connectivity index (χ0) is 17.0. The Hall–Kier alpha value is -1.83. The molecule has 0 aliphatic heterocycles. The van der Waals surface area contributed by atoms with Gasteiger partial charge in [-0.1, -0.05) is 67.7 Å². The number of hydrogen-bond acceptors (Lipinski definition) is 1. The summed E-state index contributed by atoms with van der Waals surface area (Å²) in [5, 5.41) is 8.51. The standard InChI is InChI=1S/C21H32O2/c1-2-3-4-5-6-7-8-9-10-11-12-13-14-15-16-17-18-19-20-21(22)23/h3-4,6-7,9-10,12-13,15-16H,2,5,8,11,14,17-20H2,1H3,(H,22,23)/b4-3+,7-6+,10-9+,13-12+,16-15+. The molecular formula is C21H32O2. The average Bonchev–Trinajstić information content (AvgIpc) is 2.53. The van der Waals surface area contributed by atoms with Crippen molar-refractivity contribution in [2.45, 2.75) is 64.7 Å². The fourth-order valence-electron chi connectivity index (χ4n) is 1.91. The first-order valence-electron chi connectivity index (χ1n) is 8.74. The smallest absolute Gasteiger partial charge is 0.303 e. The van der Waals surface area contributed by atoms with Crippen LogP contribution in [-0.4, -0.2) is 11.1 Å². The van der Waals surface area contributed by atoms with Crippen LogP contribution in [0.4, 0.5) is 0 Å². The number of hydrogen-bond donors (Lipinski definition) is 1. The van der Waals surface area contributed by atoms with Gasteiger partial charge in [0, 0.05) is 6.42 Å². The Balaban J connectivity index is 3.44. The number of carboxylic acids is 1. The predicted molar refractivity (Wildman–Crippen MR) is 101 cm³/mol. The van der Waals surface area contributed by atoms with Crippen LogP contribution in [-0.2, 0) is 4.79 Å². The minimum Gasteiger partial charge on any atom is -0.481 e. The van der Waals surface area contributed by atoms with E-state index in [4.69, 9.17) is 5.11 Å². The van der Waals surface area contributed by atoms with Gasteiger partial charge >= 0.3 is 5.97 Å². The second-order valence-electron chi connectivity index (χ2n) is 5.35. The highest BCUT2D eigenvalue weighted by Gasteiger charge is 1.93. The summed E-state index contributed by atoms with van der Waals surface area (Å²) in [5.74, 6) is -0.700. The molecule has 0 aromatic carbocycles. The molecule has 0 atom stereocenters. The van der Waals surface area contributed by atoms with Gasteiger partial charge in [-0.15, -0.1) is 0 Å². The van der Waals surface area contributed by atoms with Gasteiger partial charge in [-0.25, -0.2) is 0 Å². The van der Waals surface area contributed by atoms with E-state index in [0.717, 1.165) is 51.4 Å². The Morgan fingerprint density at radius 1 is 0.696 bits per heavy atom. The van der Waals surface area contributed by atoms with E-state index in [-0.39, 0.29) is 6.42 Å². The van der Waals surface area contributed by atoms with Crippen LogP contribution in [0.3, 0.4) is 0 Å². The first-order chi connectivity index (χ1) is 11.3. The van der Waals surface area contributed by atoms with Crippen LogP contribution in [0.2, 0.25) is 0 Å². The van der Waals surface area contributed by atoms with Crippen molar-refractivity contribution in [3.05, 3.63) is 60.8 Å². The highest BCUT2D eigenvalue weighted by molar-refractivity contribution is 5.66. The highest BCUT2D eigenvalue weighted by atomic mass is 16.4. The van der Waals surface area contributed by atoms with Gasteiger partial charge in [0.25, 0.3) is 0 Å². The SMILES string of the molecule is CC/C=C/C/C=C/C/C=C/C/C=C/C/C=C/CCCCC(=O)O. The molecule has 0 amide bonds. The van der Waals surface area contributed by atoms with Crippen LogP contribution in [0.5, 0.6) is 0 Å². The fourth-order valence-corrected chi connectivity index (χ4v) is 1.91. The van der Waals surface area contributed by atoms with Crippen molar-refractivity contribution in [2.75, 3.05) is 0 Å². The molecule has 1 N–H and O–H groups in total. The van der Waals surface area contributed by atoms with Crippen LogP contribution in [0.1, 0.15) is 64.7 Å². The monoisotopic (exact) mass is 316 g/mol. The molecule has 0 radical (unpaired) electrons. The van der Waals surface area contributed by atoms with Gasteiger partial charge in [0.05, 0.1) is 0 Å². The van der Waals surface area contributed by atoms with Crippen LogP contribution in [0.25, 0.3) is 0 Å². The number of unbranched alkanes of at least 4 members (excludes halogenated alkanes) is 2. The molecule has 0 aliphatic rings. The quantitative estimate of drug-likeness (QED) is 0.298. The van der Waals surface area contributed by atoms with Crippen molar-refractivity contribution in [1.29, 1.82) is 0 Å². The summed E-state index contributed by atoms with van der Waals surface area (Å²) in [7, 11) is 0. The Kier molecular flexibility index (Phi) is 16.8. The third kappa shape index (κ3) is 20.2. The zero-order valence-corrected chi connectivity index (χ0v) is 14.5. The molecule has 0 saturated heterocycles. The maximum absolute atomic E-state index is 10.3. The van der Waals surface area contributed by atoms with E-state index >= 15 is 0 Å². The molecule has 0 unspecified atom stereocenters. The molecule has 2 heteroatoms. The van der Waals surface area contributed by atoms with Crippen molar-refractivity contribution >= 4 is 5.97 Å². The molecule has 0 spiro atoms. The van der Waals surface area contributed by atoms with Gasteiger partial charge in [0.1, 0.15) is 0 Å². The lowest BCUT2D eigenvalue weighted by Crippen LogP contribution is -1.92. The normalized spacial score (nSPS) is 12.7. The second kappa shape index (κ2) is 18.2. The molecule has 0 saturated carbocycles. The Morgan fingerprint density at radius 2 is 1.13 bits per heavy atom. The molecule has 2 nitrogen and oxygen atoms in total. The first-order valence-corrected chi connectivity index (χ1v) is 8.74. The Morgan fingerprint density at radius 3 is 1.57 bits per heavy atom. The number of carbonyl (C=O) groups is 1. The predicted octanol–water partition coefficient (Wildman–Crippen LogP) is 6.38. The van der Waals surface area contributed by atoms with E-state index in [0.29, 0.717) is 0 Å². The van der Waals surface area contributed by atoms with E-state index in [2.05, 4.69) is 67.7 Å². The Labute approximate surface area is 142 Å². The molecule has 0 bridgehead atoms. The lowest BCUT2D eigenvalue weighted by Gasteiger charge is -1.92. The minimum atomic E-state index is -0.700. The molecule has 0 aromatic heterocycles. The molecule has 0 fully saturated rings.